The molecule has 2 aliphatic carbocycles. The summed E-state index contributed by atoms with van der Waals surface area (Å²) in [5, 5.41) is 9.07. The van der Waals surface area contributed by atoms with Crippen LogP contribution in [0, 0.1) is 0 Å². The van der Waals surface area contributed by atoms with Crippen LogP contribution in [0.4, 0.5) is 0 Å². The number of fused-ring (bicyclic) bond motifs is 1. The molecular weight excluding hydrogens is 244 g/mol. The number of rotatable bonds is 3. The molecule has 0 radical (unpaired) electrons. The van der Waals surface area contributed by atoms with Crippen LogP contribution in [0.25, 0.3) is 11.6 Å². The van der Waals surface area contributed by atoms with Crippen molar-refractivity contribution in [2.75, 3.05) is 6.61 Å². The van der Waals surface area contributed by atoms with Crippen molar-refractivity contribution in [1.29, 1.82) is 0 Å². The summed E-state index contributed by atoms with van der Waals surface area (Å²) in [7, 11) is 0. The van der Waals surface area contributed by atoms with E-state index < -0.39 is 0 Å². The number of hydrogen-bond acceptors (Lipinski definition) is 1. The standard InChI is InChI=1S/C19H20O/c1-13(2)19-17-6-4-3-5-15(17)12-18(19)16-8-7-14(11-16)9-10-20/h3-7,11-12,20H,8-10H2,1-2H3. The van der Waals surface area contributed by atoms with E-state index in [0.717, 1.165) is 12.8 Å². The molecule has 0 unspecified atom stereocenters. The normalized spacial score (nSPS) is 16.8. The molecule has 1 N–H and O–H groups in total. The number of allylic oxidation sites excluding steroid dienone is 6. The van der Waals surface area contributed by atoms with E-state index in [1.54, 1.807) is 0 Å². The molecule has 0 saturated heterocycles. The highest BCUT2D eigenvalue weighted by atomic mass is 16.2. The number of aliphatic hydroxyl groups excluding tert-OH is 1. The summed E-state index contributed by atoms with van der Waals surface area (Å²) in [6.07, 6.45) is 8.52. The average molecular weight is 264 g/mol. The van der Waals surface area contributed by atoms with E-state index in [-0.39, 0.29) is 6.61 Å². The Morgan fingerprint density at radius 1 is 1.15 bits per heavy atom. The summed E-state index contributed by atoms with van der Waals surface area (Å²) >= 11 is 0. The molecule has 0 amide bonds. The molecule has 20 heavy (non-hydrogen) atoms. The SMILES string of the molecule is CC(C)=C1C(C2=CC(CCO)=CC2)=Cc2ccccc21. The van der Waals surface area contributed by atoms with Gasteiger partial charge >= 0.3 is 0 Å². The van der Waals surface area contributed by atoms with E-state index in [1.165, 1.54) is 39.0 Å². The Hall–Kier alpha value is -1.86. The Bertz CT molecular complexity index is 665. The van der Waals surface area contributed by atoms with Crippen LogP contribution in [-0.2, 0) is 0 Å². The van der Waals surface area contributed by atoms with Crippen molar-refractivity contribution in [2.24, 2.45) is 0 Å². The third kappa shape index (κ3) is 2.19. The minimum absolute atomic E-state index is 0.227. The van der Waals surface area contributed by atoms with Gasteiger partial charge in [-0.25, -0.2) is 0 Å². The lowest BCUT2D eigenvalue weighted by Gasteiger charge is -2.11. The zero-order valence-corrected chi connectivity index (χ0v) is 12.1. The van der Waals surface area contributed by atoms with Gasteiger partial charge in [-0.2, -0.15) is 0 Å². The summed E-state index contributed by atoms with van der Waals surface area (Å²) in [5.74, 6) is 0. The van der Waals surface area contributed by atoms with Crippen LogP contribution in [0.2, 0.25) is 0 Å². The van der Waals surface area contributed by atoms with Gasteiger partial charge in [-0.3, -0.25) is 0 Å². The van der Waals surface area contributed by atoms with E-state index in [2.05, 4.69) is 56.3 Å². The van der Waals surface area contributed by atoms with Crippen molar-refractivity contribution in [3.63, 3.8) is 0 Å². The maximum Gasteiger partial charge on any atom is 0.0471 e. The van der Waals surface area contributed by atoms with Crippen LogP contribution in [0.5, 0.6) is 0 Å². The fourth-order valence-corrected chi connectivity index (χ4v) is 3.09. The molecule has 0 aliphatic heterocycles. The Morgan fingerprint density at radius 2 is 1.95 bits per heavy atom. The summed E-state index contributed by atoms with van der Waals surface area (Å²) in [6, 6.07) is 8.60. The third-order valence-electron chi connectivity index (χ3n) is 3.99. The van der Waals surface area contributed by atoms with E-state index in [4.69, 9.17) is 5.11 Å². The first-order valence-corrected chi connectivity index (χ1v) is 7.20. The lowest BCUT2D eigenvalue weighted by Crippen LogP contribution is -1.90. The molecule has 1 nitrogen and oxygen atoms in total. The molecule has 1 aromatic carbocycles. The van der Waals surface area contributed by atoms with Gasteiger partial charge in [-0.15, -0.1) is 0 Å². The first-order valence-electron chi connectivity index (χ1n) is 7.20. The largest absolute Gasteiger partial charge is 0.396 e. The summed E-state index contributed by atoms with van der Waals surface area (Å²) in [5.41, 5.74) is 9.39. The van der Waals surface area contributed by atoms with Gasteiger partial charge < -0.3 is 5.11 Å². The Labute approximate surface area is 120 Å². The Balaban J connectivity index is 2.01. The number of aliphatic hydroxyl groups is 1. The molecule has 0 atom stereocenters. The molecular formula is C19H20O. The van der Waals surface area contributed by atoms with Crippen LogP contribution >= 0.6 is 0 Å². The predicted molar refractivity (Wildman–Crippen MR) is 85.2 cm³/mol. The van der Waals surface area contributed by atoms with Gasteiger partial charge in [0.25, 0.3) is 0 Å². The van der Waals surface area contributed by atoms with E-state index in [0.29, 0.717) is 0 Å². The van der Waals surface area contributed by atoms with Crippen LogP contribution in [0.15, 0.2) is 58.7 Å². The quantitative estimate of drug-likeness (QED) is 0.851. The molecule has 1 aromatic rings. The van der Waals surface area contributed by atoms with Crippen molar-refractivity contribution in [3.8, 4) is 0 Å². The van der Waals surface area contributed by atoms with E-state index in [9.17, 15) is 0 Å². The molecule has 0 heterocycles. The lowest BCUT2D eigenvalue weighted by atomic mass is 9.93. The zero-order chi connectivity index (χ0) is 14.1. The molecule has 3 rings (SSSR count). The van der Waals surface area contributed by atoms with Crippen molar-refractivity contribution in [2.45, 2.75) is 26.7 Å². The van der Waals surface area contributed by atoms with Gasteiger partial charge in [0, 0.05) is 6.61 Å². The van der Waals surface area contributed by atoms with Crippen LogP contribution in [0.1, 0.15) is 37.8 Å². The molecule has 2 aliphatic rings. The second kappa shape index (κ2) is 5.26. The Kier molecular flexibility index (Phi) is 3.45. The summed E-state index contributed by atoms with van der Waals surface area (Å²) < 4.78 is 0. The van der Waals surface area contributed by atoms with Gasteiger partial charge in [-0.05, 0) is 66.2 Å². The molecule has 0 fully saturated rings. The maximum absolute atomic E-state index is 9.07. The molecule has 0 aromatic heterocycles. The fourth-order valence-electron chi connectivity index (χ4n) is 3.09. The van der Waals surface area contributed by atoms with Gasteiger partial charge in [0.05, 0.1) is 0 Å². The number of hydrogen-bond donors (Lipinski definition) is 1. The smallest absolute Gasteiger partial charge is 0.0471 e. The lowest BCUT2D eigenvalue weighted by molar-refractivity contribution is 0.300. The molecule has 0 bridgehead atoms. The first kappa shape index (κ1) is 13.1. The highest BCUT2D eigenvalue weighted by Crippen LogP contribution is 2.43. The van der Waals surface area contributed by atoms with E-state index in [1.807, 2.05) is 0 Å². The molecule has 0 spiro atoms. The molecule has 1 heteroatoms. The minimum atomic E-state index is 0.227. The molecule has 0 saturated carbocycles. The van der Waals surface area contributed by atoms with Gasteiger partial charge in [0.1, 0.15) is 0 Å². The van der Waals surface area contributed by atoms with Gasteiger partial charge in [-0.1, -0.05) is 42.0 Å². The van der Waals surface area contributed by atoms with Crippen molar-refractivity contribution in [3.05, 3.63) is 69.8 Å². The second-order valence-electron chi connectivity index (χ2n) is 5.65. The highest BCUT2D eigenvalue weighted by Gasteiger charge is 2.23. The highest BCUT2D eigenvalue weighted by molar-refractivity contribution is 5.99. The van der Waals surface area contributed by atoms with Crippen molar-refractivity contribution >= 4 is 11.6 Å². The van der Waals surface area contributed by atoms with Gasteiger partial charge in [0.15, 0.2) is 0 Å². The van der Waals surface area contributed by atoms with Crippen LogP contribution in [0.3, 0.4) is 0 Å². The van der Waals surface area contributed by atoms with Crippen LogP contribution in [-0.4, -0.2) is 11.7 Å². The predicted octanol–water partition coefficient (Wildman–Crippen LogP) is 4.52. The third-order valence-corrected chi connectivity index (χ3v) is 3.99. The number of benzene rings is 1. The summed E-state index contributed by atoms with van der Waals surface area (Å²) in [4.78, 5) is 0. The molecule has 102 valence electrons. The van der Waals surface area contributed by atoms with Crippen molar-refractivity contribution < 1.29 is 5.11 Å². The van der Waals surface area contributed by atoms with E-state index >= 15 is 0 Å². The topological polar surface area (TPSA) is 20.2 Å². The Morgan fingerprint density at radius 3 is 2.70 bits per heavy atom. The van der Waals surface area contributed by atoms with Crippen LogP contribution < -0.4 is 0 Å². The summed E-state index contributed by atoms with van der Waals surface area (Å²) in [6.45, 7) is 4.59. The van der Waals surface area contributed by atoms with Crippen molar-refractivity contribution in [1.82, 2.24) is 0 Å². The average Bonchev–Trinajstić information content (AvgIpc) is 3.02. The zero-order valence-electron chi connectivity index (χ0n) is 12.1. The monoisotopic (exact) mass is 264 g/mol. The fraction of sp³-hybridized carbons (Fsp3) is 0.263. The minimum Gasteiger partial charge on any atom is -0.396 e. The second-order valence-corrected chi connectivity index (χ2v) is 5.65. The first-order chi connectivity index (χ1) is 9.70. The van der Waals surface area contributed by atoms with Gasteiger partial charge in [0.2, 0.25) is 0 Å². The maximum atomic E-state index is 9.07.